The molecule has 0 spiro atoms. The summed E-state index contributed by atoms with van der Waals surface area (Å²) < 4.78 is 27.7. The van der Waals surface area contributed by atoms with Crippen molar-refractivity contribution >= 4 is 50.4 Å². The molecule has 0 N–H and O–H groups in total. The van der Waals surface area contributed by atoms with Gasteiger partial charge in [0.1, 0.15) is 0 Å². The standard InChI is InChI=1S/C24H30N2O6S2/c1-4-6-14-25(15-7-5-2)21(27)13-16-33-20-12-11-19-22-17(20)9-8-10-18(22)23(28)26(24(19)29)32-34(3,30)31/h8-12H,4-7,13-16H2,1-3H3. The molecule has 0 radical (unpaired) electrons. The van der Waals surface area contributed by atoms with Crippen molar-refractivity contribution in [2.24, 2.45) is 0 Å². The van der Waals surface area contributed by atoms with E-state index >= 15 is 0 Å². The Morgan fingerprint density at radius 1 is 1.00 bits per heavy atom. The van der Waals surface area contributed by atoms with E-state index in [1.54, 1.807) is 18.2 Å². The van der Waals surface area contributed by atoms with Gasteiger partial charge in [0.05, 0.1) is 17.4 Å². The summed E-state index contributed by atoms with van der Waals surface area (Å²) in [5.74, 6) is -0.949. The minimum atomic E-state index is -4.06. The van der Waals surface area contributed by atoms with Crippen LogP contribution >= 0.6 is 11.8 Å². The molecule has 0 saturated heterocycles. The van der Waals surface area contributed by atoms with Crippen molar-refractivity contribution in [3.05, 3.63) is 41.5 Å². The first-order valence-corrected chi connectivity index (χ1v) is 14.2. The number of imide groups is 1. The molecule has 0 unspecified atom stereocenters. The van der Waals surface area contributed by atoms with Crippen LogP contribution in [0.5, 0.6) is 0 Å². The van der Waals surface area contributed by atoms with Crippen molar-refractivity contribution in [1.29, 1.82) is 0 Å². The van der Waals surface area contributed by atoms with E-state index in [1.165, 1.54) is 17.8 Å². The molecule has 0 aliphatic carbocycles. The lowest BCUT2D eigenvalue weighted by molar-refractivity contribution is -0.130. The van der Waals surface area contributed by atoms with Crippen LogP contribution in [0, 0.1) is 0 Å². The molecule has 34 heavy (non-hydrogen) atoms. The van der Waals surface area contributed by atoms with Gasteiger partial charge in [-0.3, -0.25) is 14.4 Å². The fourth-order valence-electron chi connectivity index (χ4n) is 3.84. The Balaban J connectivity index is 1.79. The summed E-state index contributed by atoms with van der Waals surface area (Å²) in [7, 11) is -4.06. The smallest absolute Gasteiger partial charge is 0.286 e. The van der Waals surface area contributed by atoms with Gasteiger partial charge in [-0.05, 0) is 36.4 Å². The monoisotopic (exact) mass is 506 g/mol. The van der Waals surface area contributed by atoms with Gasteiger partial charge in [-0.15, -0.1) is 21.1 Å². The number of carbonyl (C=O) groups is 3. The highest BCUT2D eigenvalue weighted by Gasteiger charge is 2.36. The maximum atomic E-state index is 12.8. The van der Waals surface area contributed by atoms with E-state index in [2.05, 4.69) is 18.1 Å². The summed E-state index contributed by atoms with van der Waals surface area (Å²) in [6.45, 7) is 5.77. The fraction of sp³-hybridized carbons (Fsp3) is 0.458. The lowest BCUT2D eigenvalue weighted by atomic mass is 9.95. The van der Waals surface area contributed by atoms with Crippen molar-refractivity contribution in [3.8, 4) is 0 Å². The molecular formula is C24H30N2O6S2. The normalized spacial score (nSPS) is 13.6. The van der Waals surface area contributed by atoms with Gasteiger partial charge in [0.25, 0.3) is 21.9 Å². The first kappa shape index (κ1) is 26.2. The molecule has 2 aromatic rings. The molecule has 184 valence electrons. The van der Waals surface area contributed by atoms with Gasteiger partial charge in [-0.2, -0.15) is 8.42 Å². The van der Waals surface area contributed by atoms with Crippen molar-refractivity contribution in [3.63, 3.8) is 0 Å². The van der Waals surface area contributed by atoms with Crippen LogP contribution in [0.25, 0.3) is 10.8 Å². The molecule has 8 nitrogen and oxygen atoms in total. The van der Waals surface area contributed by atoms with Crippen LogP contribution in [0.3, 0.4) is 0 Å². The number of rotatable bonds is 12. The number of nitrogens with zero attached hydrogens (tertiary/aromatic N) is 2. The SMILES string of the molecule is CCCCN(CCCC)C(=O)CCSc1ccc2c3c(cccc13)C(=O)N(OS(C)(=O)=O)C2=O. The lowest BCUT2D eigenvalue weighted by Gasteiger charge is -2.25. The Morgan fingerprint density at radius 3 is 2.21 bits per heavy atom. The van der Waals surface area contributed by atoms with Crippen molar-refractivity contribution in [2.75, 3.05) is 25.1 Å². The van der Waals surface area contributed by atoms with Gasteiger partial charge in [-0.1, -0.05) is 38.8 Å². The van der Waals surface area contributed by atoms with E-state index in [1.807, 2.05) is 11.0 Å². The van der Waals surface area contributed by atoms with Crippen LogP contribution in [0.4, 0.5) is 0 Å². The van der Waals surface area contributed by atoms with Gasteiger partial charge in [-0.25, -0.2) is 0 Å². The van der Waals surface area contributed by atoms with Gasteiger partial charge in [0.2, 0.25) is 5.91 Å². The second-order valence-corrected chi connectivity index (χ2v) is 10.9. The van der Waals surface area contributed by atoms with Crippen molar-refractivity contribution in [2.45, 2.75) is 50.8 Å². The van der Waals surface area contributed by atoms with Gasteiger partial charge in [0, 0.05) is 35.5 Å². The Morgan fingerprint density at radius 2 is 1.62 bits per heavy atom. The van der Waals surface area contributed by atoms with Crippen LogP contribution in [0.2, 0.25) is 0 Å². The molecule has 0 saturated carbocycles. The van der Waals surface area contributed by atoms with Crippen LogP contribution in [0.15, 0.2) is 35.2 Å². The first-order valence-electron chi connectivity index (χ1n) is 11.4. The highest BCUT2D eigenvalue weighted by Crippen LogP contribution is 2.36. The zero-order valence-electron chi connectivity index (χ0n) is 19.7. The van der Waals surface area contributed by atoms with E-state index in [0.29, 0.717) is 28.0 Å². The number of carbonyl (C=O) groups excluding carboxylic acids is 3. The summed E-state index contributed by atoms with van der Waals surface area (Å²) >= 11 is 1.50. The molecular weight excluding hydrogens is 476 g/mol. The summed E-state index contributed by atoms with van der Waals surface area (Å²) in [4.78, 5) is 41.2. The van der Waals surface area contributed by atoms with Gasteiger partial charge < -0.3 is 4.90 Å². The van der Waals surface area contributed by atoms with E-state index in [9.17, 15) is 22.8 Å². The molecule has 0 fully saturated rings. The molecule has 10 heteroatoms. The van der Waals surface area contributed by atoms with Crippen LogP contribution in [0.1, 0.15) is 66.7 Å². The quantitative estimate of drug-likeness (QED) is 0.313. The average Bonchev–Trinajstić information content (AvgIpc) is 2.80. The summed E-state index contributed by atoms with van der Waals surface area (Å²) in [6.07, 6.45) is 5.22. The molecule has 1 aliphatic rings. The molecule has 1 heterocycles. The third-order valence-electron chi connectivity index (χ3n) is 5.53. The third kappa shape index (κ3) is 5.97. The van der Waals surface area contributed by atoms with E-state index < -0.39 is 21.9 Å². The number of hydrogen-bond donors (Lipinski definition) is 0. The van der Waals surface area contributed by atoms with Crippen LogP contribution in [-0.4, -0.2) is 61.2 Å². The molecule has 0 atom stereocenters. The van der Waals surface area contributed by atoms with E-state index in [-0.39, 0.29) is 17.0 Å². The second kappa shape index (κ2) is 11.3. The Labute approximate surface area is 204 Å². The molecule has 1 aliphatic heterocycles. The van der Waals surface area contributed by atoms with E-state index in [0.717, 1.165) is 49.9 Å². The Kier molecular flexibility index (Phi) is 8.72. The first-order chi connectivity index (χ1) is 16.2. The molecule has 3 rings (SSSR count). The number of amides is 3. The van der Waals surface area contributed by atoms with Crippen LogP contribution < -0.4 is 0 Å². The Hall–Kier alpha value is -2.43. The second-order valence-electron chi connectivity index (χ2n) is 8.21. The largest absolute Gasteiger partial charge is 0.343 e. The maximum Gasteiger partial charge on any atom is 0.286 e. The number of hydrogen-bond acceptors (Lipinski definition) is 7. The van der Waals surface area contributed by atoms with Crippen LogP contribution in [-0.2, 0) is 19.2 Å². The van der Waals surface area contributed by atoms with Gasteiger partial charge >= 0.3 is 0 Å². The summed E-state index contributed by atoms with van der Waals surface area (Å²) in [5.41, 5.74) is 0.388. The van der Waals surface area contributed by atoms with Crippen molar-refractivity contribution in [1.82, 2.24) is 9.96 Å². The predicted octanol–water partition coefficient (Wildman–Crippen LogP) is 4.24. The fourth-order valence-corrected chi connectivity index (χ4v) is 5.23. The summed E-state index contributed by atoms with van der Waals surface area (Å²) in [5, 5.41) is 1.47. The van der Waals surface area contributed by atoms with Crippen molar-refractivity contribution < 1.29 is 27.1 Å². The summed E-state index contributed by atoms with van der Waals surface area (Å²) in [6, 6.07) is 8.36. The predicted molar refractivity (Wildman–Crippen MR) is 132 cm³/mol. The zero-order chi connectivity index (χ0) is 24.9. The number of unbranched alkanes of at least 4 members (excludes halogenated alkanes) is 2. The zero-order valence-corrected chi connectivity index (χ0v) is 21.3. The minimum Gasteiger partial charge on any atom is -0.343 e. The highest BCUT2D eigenvalue weighted by atomic mass is 32.2. The van der Waals surface area contributed by atoms with Gasteiger partial charge in [0.15, 0.2) is 0 Å². The Bertz CT molecular complexity index is 1170. The molecule has 0 aromatic heterocycles. The number of thioether (sulfide) groups is 1. The maximum absolute atomic E-state index is 12.8. The third-order valence-corrected chi connectivity index (χ3v) is 7.02. The number of benzene rings is 2. The molecule has 3 amide bonds. The minimum absolute atomic E-state index is 0.135. The highest BCUT2D eigenvalue weighted by molar-refractivity contribution is 7.99. The lowest BCUT2D eigenvalue weighted by Crippen LogP contribution is -2.41. The average molecular weight is 507 g/mol. The number of hydroxylamine groups is 2. The molecule has 2 aromatic carbocycles. The topological polar surface area (TPSA) is 101 Å². The van der Waals surface area contributed by atoms with E-state index in [4.69, 9.17) is 0 Å². The molecule has 0 bridgehead atoms.